The van der Waals surface area contributed by atoms with Crippen molar-refractivity contribution in [3.05, 3.63) is 52.0 Å². The average Bonchev–Trinajstić information content (AvgIpc) is 2.67. The number of rotatable bonds is 9. The summed E-state index contributed by atoms with van der Waals surface area (Å²) in [5, 5.41) is 4.97. The predicted octanol–water partition coefficient (Wildman–Crippen LogP) is 3.63. The van der Waals surface area contributed by atoms with Gasteiger partial charge in [0.25, 0.3) is 10.0 Å². The largest absolute Gasteiger partial charge is 0.352 e. The van der Waals surface area contributed by atoms with Crippen molar-refractivity contribution in [2.45, 2.75) is 17.4 Å². The molecule has 0 aromatic heterocycles. The third-order valence-corrected chi connectivity index (χ3v) is 6.86. The lowest BCUT2D eigenvalue weighted by molar-refractivity contribution is -0.117. The van der Waals surface area contributed by atoms with E-state index in [1.807, 2.05) is 6.26 Å². The Morgan fingerprint density at radius 3 is 2.40 bits per heavy atom. The minimum absolute atomic E-state index is 0.00759. The molecule has 12 heteroatoms. The molecule has 3 amide bonds. The predicted molar refractivity (Wildman–Crippen MR) is 125 cm³/mol. The van der Waals surface area contributed by atoms with Crippen molar-refractivity contribution in [2.24, 2.45) is 5.73 Å². The maximum absolute atomic E-state index is 12.8. The number of urea groups is 1. The number of sulfonamides is 1. The summed E-state index contributed by atoms with van der Waals surface area (Å²) in [7, 11) is -4.01. The molecule has 0 aliphatic rings. The molecule has 0 heterocycles. The van der Waals surface area contributed by atoms with E-state index in [-0.39, 0.29) is 15.6 Å². The molecule has 5 N–H and O–H groups in total. The lowest BCUT2D eigenvalue weighted by atomic mass is 10.2. The molecule has 162 valence electrons. The van der Waals surface area contributed by atoms with Crippen LogP contribution in [-0.2, 0) is 14.8 Å². The molecule has 0 aliphatic heterocycles. The molecule has 0 radical (unpaired) electrons. The van der Waals surface area contributed by atoms with E-state index in [0.717, 1.165) is 4.47 Å². The quantitative estimate of drug-likeness (QED) is 0.389. The van der Waals surface area contributed by atoms with E-state index >= 15 is 0 Å². The molecule has 0 saturated heterocycles. The van der Waals surface area contributed by atoms with Crippen LogP contribution in [0.15, 0.2) is 51.8 Å². The fraction of sp³-hybridized carbons (Fsp3) is 0.222. The number of hydrogen-bond donors (Lipinski definition) is 4. The van der Waals surface area contributed by atoms with Gasteiger partial charge in [-0.25, -0.2) is 13.2 Å². The third-order valence-electron chi connectivity index (χ3n) is 3.83. The molecule has 2 rings (SSSR count). The lowest BCUT2D eigenvalue weighted by Crippen LogP contribution is -2.46. The Bertz CT molecular complexity index is 1020. The number of nitrogens with one attached hydrogen (secondary N) is 3. The first kappa shape index (κ1) is 24.3. The van der Waals surface area contributed by atoms with Gasteiger partial charge < -0.3 is 16.4 Å². The van der Waals surface area contributed by atoms with E-state index in [9.17, 15) is 18.0 Å². The fourth-order valence-electron chi connectivity index (χ4n) is 2.42. The second-order valence-corrected chi connectivity index (χ2v) is 10.0. The zero-order chi connectivity index (χ0) is 22.3. The Morgan fingerprint density at radius 1 is 1.17 bits per heavy atom. The molecule has 8 nitrogen and oxygen atoms in total. The van der Waals surface area contributed by atoms with Gasteiger partial charge in [0.05, 0.1) is 5.02 Å². The van der Waals surface area contributed by atoms with Crippen LogP contribution in [0, 0.1) is 0 Å². The van der Waals surface area contributed by atoms with E-state index in [4.69, 9.17) is 17.3 Å². The molecule has 0 unspecified atom stereocenters. The molecule has 1 atom stereocenters. The van der Waals surface area contributed by atoms with Crippen LogP contribution < -0.4 is 21.1 Å². The first-order valence-corrected chi connectivity index (χ1v) is 12.6. The van der Waals surface area contributed by atoms with Gasteiger partial charge in [0.2, 0.25) is 5.91 Å². The number of carbonyl (C=O) groups is 2. The average molecular weight is 536 g/mol. The second-order valence-electron chi connectivity index (χ2n) is 6.09. The maximum atomic E-state index is 12.8. The van der Waals surface area contributed by atoms with Crippen LogP contribution in [0.3, 0.4) is 0 Å². The summed E-state index contributed by atoms with van der Waals surface area (Å²) in [4.78, 5) is 23.5. The van der Waals surface area contributed by atoms with Crippen molar-refractivity contribution in [3.8, 4) is 0 Å². The van der Waals surface area contributed by atoms with Gasteiger partial charge in [-0.1, -0.05) is 27.5 Å². The van der Waals surface area contributed by atoms with Crippen LogP contribution in [0.2, 0.25) is 5.02 Å². The van der Waals surface area contributed by atoms with E-state index in [0.29, 0.717) is 17.9 Å². The topological polar surface area (TPSA) is 130 Å². The summed E-state index contributed by atoms with van der Waals surface area (Å²) in [5.41, 5.74) is 5.70. The maximum Gasteiger partial charge on any atom is 0.312 e. The van der Waals surface area contributed by atoms with Crippen LogP contribution in [0.25, 0.3) is 0 Å². The Morgan fingerprint density at radius 2 is 1.80 bits per heavy atom. The number of halogens is 2. The van der Waals surface area contributed by atoms with Crippen molar-refractivity contribution in [3.63, 3.8) is 0 Å². The van der Waals surface area contributed by atoms with E-state index < -0.39 is 28.0 Å². The third kappa shape index (κ3) is 7.08. The molecule has 0 spiro atoms. The molecule has 0 fully saturated rings. The number of amides is 3. The molecule has 2 aromatic carbocycles. The molecular weight excluding hydrogens is 516 g/mol. The Labute approximate surface area is 192 Å². The van der Waals surface area contributed by atoms with Gasteiger partial charge in [0, 0.05) is 15.8 Å². The van der Waals surface area contributed by atoms with Gasteiger partial charge in [-0.3, -0.25) is 9.52 Å². The first-order chi connectivity index (χ1) is 14.1. The van der Waals surface area contributed by atoms with Gasteiger partial charge in [0.1, 0.15) is 10.9 Å². The van der Waals surface area contributed by atoms with Crippen molar-refractivity contribution in [2.75, 3.05) is 22.0 Å². The fourth-order valence-corrected chi connectivity index (χ4v) is 4.74. The monoisotopic (exact) mass is 534 g/mol. The van der Waals surface area contributed by atoms with Crippen molar-refractivity contribution in [1.82, 2.24) is 5.32 Å². The van der Waals surface area contributed by atoms with E-state index in [1.54, 1.807) is 24.3 Å². The Hall–Kier alpha value is -1.95. The molecule has 30 heavy (non-hydrogen) atoms. The highest BCUT2D eigenvalue weighted by Gasteiger charge is 2.22. The highest BCUT2D eigenvalue weighted by Crippen LogP contribution is 2.27. The van der Waals surface area contributed by atoms with Crippen LogP contribution in [-0.4, -0.2) is 38.4 Å². The molecule has 2 aromatic rings. The number of primary amides is 1. The molecule has 0 aliphatic carbocycles. The summed E-state index contributed by atoms with van der Waals surface area (Å²) in [5.74, 6) is 0.102. The van der Waals surface area contributed by atoms with Crippen molar-refractivity contribution >= 4 is 72.6 Å². The second kappa shape index (κ2) is 10.9. The van der Waals surface area contributed by atoms with Crippen molar-refractivity contribution in [1.29, 1.82) is 0 Å². The Balaban J connectivity index is 2.23. The number of hydrogen-bond acceptors (Lipinski definition) is 5. The molecule has 0 bridgehead atoms. The standard InChI is InChI=1S/C18H20BrClN4O4S2/c1-29-9-8-15(23-18(21)26)17(25)22-13-6-7-14(20)16(10-13)30(27,28)24-12-4-2-11(19)3-5-12/h2-7,10,15,24H,8-9H2,1H3,(H,22,25)(H3,21,23,26)/t15-/m1/s1. The first-order valence-electron chi connectivity index (χ1n) is 8.56. The number of thioether (sulfide) groups is 1. The molecule has 0 saturated carbocycles. The minimum Gasteiger partial charge on any atom is -0.352 e. The highest BCUT2D eigenvalue weighted by atomic mass is 79.9. The zero-order valence-corrected chi connectivity index (χ0v) is 19.8. The summed E-state index contributed by atoms with van der Waals surface area (Å²) >= 11 is 10.9. The number of carbonyl (C=O) groups excluding carboxylic acids is 2. The van der Waals surface area contributed by atoms with Gasteiger partial charge in [-0.15, -0.1) is 0 Å². The van der Waals surface area contributed by atoms with Crippen LogP contribution in [0.1, 0.15) is 6.42 Å². The van der Waals surface area contributed by atoms with E-state index in [2.05, 4.69) is 31.3 Å². The lowest BCUT2D eigenvalue weighted by Gasteiger charge is -2.17. The van der Waals surface area contributed by atoms with E-state index in [1.165, 1.54) is 30.0 Å². The normalized spacial score (nSPS) is 12.1. The zero-order valence-electron chi connectivity index (χ0n) is 15.8. The SMILES string of the molecule is CSCC[C@@H](NC(N)=O)C(=O)Nc1ccc(Cl)c(S(=O)(=O)Nc2ccc(Br)cc2)c1. The smallest absolute Gasteiger partial charge is 0.312 e. The summed E-state index contributed by atoms with van der Waals surface area (Å²) in [6.45, 7) is 0. The summed E-state index contributed by atoms with van der Waals surface area (Å²) < 4.78 is 28.8. The molecular formula is C18H20BrClN4O4S2. The van der Waals surface area contributed by atoms with Gasteiger partial charge >= 0.3 is 6.03 Å². The van der Waals surface area contributed by atoms with Gasteiger partial charge in [0.15, 0.2) is 0 Å². The number of nitrogens with two attached hydrogens (primary N) is 1. The van der Waals surface area contributed by atoms with Crippen LogP contribution in [0.4, 0.5) is 16.2 Å². The van der Waals surface area contributed by atoms with Gasteiger partial charge in [-0.2, -0.15) is 11.8 Å². The highest BCUT2D eigenvalue weighted by molar-refractivity contribution is 9.10. The van der Waals surface area contributed by atoms with Crippen molar-refractivity contribution < 1.29 is 18.0 Å². The number of anilines is 2. The van der Waals surface area contributed by atoms with Gasteiger partial charge in [-0.05, 0) is 60.9 Å². The Kier molecular flexibility index (Phi) is 8.83. The summed E-state index contributed by atoms with van der Waals surface area (Å²) in [6.07, 6.45) is 2.23. The summed E-state index contributed by atoms with van der Waals surface area (Å²) in [6, 6.07) is 8.96. The number of benzene rings is 2. The van der Waals surface area contributed by atoms with Crippen LogP contribution >= 0.6 is 39.3 Å². The minimum atomic E-state index is -4.01. The van der Waals surface area contributed by atoms with Crippen LogP contribution in [0.5, 0.6) is 0 Å².